The molecule has 4 rings (SSSR count). The summed E-state index contributed by atoms with van der Waals surface area (Å²) in [7, 11) is 0. The summed E-state index contributed by atoms with van der Waals surface area (Å²) in [6.45, 7) is 3.19. The molecule has 6 heteroatoms. The highest BCUT2D eigenvalue weighted by Gasteiger charge is 2.12. The maximum absolute atomic E-state index is 12.3. The van der Waals surface area contributed by atoms with E-state index in [9.17, 15) is 4.79 Å². The van der Waals surface area contributed by atoms with Gasteiger partial charge in [-0.25, -0.2) is 9.97 Å². The molecule has 0 spiro atoms. The van der Waals surface area contributed by atoms with Crippen LogP contribution in [0.4, 0.5) is 0 Å². The van der Waals surface area contributed by atoms with Crippen LogP contribution in [0.15, 0.2) is 58.5 Å². The summed E-state index contributed by atoms with van der Waals surface area (Å²) in [5.41, 5.74) is 2.83. The highest BCUT2D eigenvalue weighted by Crippen LogP contribution is 2.26. The van der Waals surface area contributed by atoms with Crippen LogP contribution in [-0.4, -0.2) is 19.5 Å². The zero-order chi connectivity index (χ0) is 19.3. The first-order valence-electron chi connectivity index (χ1n) is 9.82. The molecule has 4 aromatic rings. The van der Waals surface area contributed by atoms with Gasteiger partial charge < -0.3 is 9.55 Å². The van der Waals surface area contributed by atoms with Gasteiger partial charge in [0, 0.05) is 6.54 Å². The van der Waals surface area contributed by atoms with Crippen molar-refractivity contribution < 1.29 is 0 Å². The molecule has 28 heavy (non-hydrogen) atoms. The Hall–Kier alpha value is -2.60. The lowest BCUT2D eigenvalue weighted by molar-refractivity contribution is 0.563. The van der Waals surface area contributed by atoms with E-state index in [1.54, 1.807) is 17.8 Å². The molecule has 0 atom stereocenters. The largest absolute Gasteiger partial charge is 0.319 e. The second-order valence-corrected chi connectivity index (χ2v) is 7.86. The summed E-state index contributed by atoms with van der Waals surface area (Å²) in [5, 5.41) is 1.60. The van der Waals surface area contributed by atoms with Crippen LogP contribution in [0.5, 0.6) is 0 Å². The Morgan fingerprint density at radius 2 is 1.75 bits per heavy atom. The molecule has 0 amide bonds. The van der Waals surface area contributed by atoms with Crippen molar-refractivity contribution in [1.82, 2.24) is 19.5 Å². The Bertz CT molecular complexity index is 1150. The van der Waals surface area contributed by atoms with Crippen LogP contribution in [0.2, 0.25) is 0 Å². The summed E-state index contributed by atoms with van der Waals surface area (Å²) in [6.07, 6.45) is 4.87. The molecule has 1 N–H and O–H groups in total. The van der Waals surface area contributed by atoms with Gasteiger partial charge in [0.15, 0.2) is 5.16 Å². The van der Waals surface area contributed by atoms with Crippen molar-refractivity contribution in [2.45, 2.75) is 50.1 Å². The molecular formula is C22H24N4OS. The van der Waals surface area contributed by atoms with Gasteiger partial charge in [-0.15, -0.1) is 0 Å². The predicted molar refractivity (Wildman–Crippen MR) is 116 cm³/mol. The van der Waals surface area contributed by atoms with Gasteiger partial charge in [0.05, 0.1) is 27.7 Å². The lowest BCUT2D eigenvalue weighted by Gasteiger charge is -2.09. The van der Waals surface area contributed by atoms with Crippen molar-refractivity contribution in [3.63, 3.8) is 0 Å². The number of rotatable bonds is 8. The topological polar surface area (TPSA) is 63.6 Å². The van der Waals surface area contributed by atoms with Gasteiger partial charge in [-0.1, -0.05) is 62.2 Å². The lowest BCUT2D eigenvalue weighted by Crippen LogP contribution is -2.11. The van der Waals surface area contributed by atoms with Crippen molar-refractivity contribution in [3.05, 3.63) is 64.7 Å². The van der Waals surface area contributed by atoms with E-state index in [0.717, 1.165) is 29.2 Å². The Morgan fingerprint density at radius 3 is 2.61 bits per heavy atom. The fourth-order valence-corrected chi connectivity index (χ4v) is 4.32. The van der Waals surface area contributed by atoms with E-state index in [2.05, 4.69) is 39.7 Å². The minimum Gasteiger partial charge on any atom is -0.319 e. The lowest BCUT2D eigenvalue weighted by atomic mass is 10.2. The number of imidazole rings is 1. The van der Waals surface area contributed by atoms with E-state index in [4.69, 9.17) is 4.98 Å². The molecule has 2 aromatic carbocycles. The molecule has 2 aromatic heterocycles. The molecular weight excluding hydrogens is 368 g/mol. The maximum atomic E-state index is 12.3. The average molecular weight is 393 g/mol. The first kappa shape index (κ1) is 18.7. The number of H-pyrrole nitrogens is 1. The summed E-state index contributed by atoms with van der Waals surface area (Å²) < 4.78 is 2.30. The molecule has 5 nitrogen and oxygen atoms in total. The summed E-state index contributed by atoms with van der Waals surface area (Å²) in [6, 6.07) is 15.7. The van der Waals surface area contributed by atoms with Crippen LogP contribution in [0.3, 0.4) is 0 Å². The highest BCUT2D eigenvalue weighted by atomic mass is 32.2. The van der Waals surface area contributed by atoms with Crippen LogP contribution >= 0.6 is 11.8 Å². The predicted octanol–water partition coefficient (Wildman–Crippen LogP) is 5.15. The van der Waals surface area contributed by atoms with Gasteiger partial charge in [0.1, 0.15) is 5.82 Å². The maximum Gasteiger partial charge on any atom is 0.258 e. The smallest absolute Gasteiger partial charge is 0.258 e. The normalized spacial score (nSPS) is 11.5. The average Bonchev–Trinajstić information content (AvgIpc) is 3.07. The number of aromatic nitrogens is 4. The quantitative estimate of drug-likeness (QED) is 0.333. The monoisotopic (exact) mass is 392 g/mol. The van der Waals surface area contributed by atoms with Gasteiger partial charge in [-0.3, -0.25) is 4.79 Å². The molecule has 0 aliphatic rings. The minimum atomic E-state index is -0.0886. The van der Waals surface area contributed by atoms with Crippen molar-refractivity contribution in [2.75, 3.05) is 0 Å². The molecule has 0 saturated heterocycles. The van der Waals surface area contributed by atoms with Crippen LogP contribution < -0.4 is 5.56 Å². The molecule has 144 valence electrons. The van der Waals surface area contributed by atoms with Crippen molar-refractivity contribution >= 4 is 33.7 Å². The molecule has 2 heterocycles. The number of nitrogens with one attached hydrogen (secondary N) is 1. The third-order valence-corrected chi connectivity index (χ3v) is 5.84. The second-order valence-electron chi connectivity index (χ2n) is 6.91. The van der Waals surface area contributed by atoms with Gasteiger partial charge >= 0.3 is 0 Å². The van der Waals surface area contributed by atoms with Crippen molar-refractivity contribution in [3.8, 4) is 0 Å². The van der Waals surface area contributed by atoms with Gasteiger partial charge in [0.25, 0.3) is 5.56 Å². The van der Waals surface area contributed by atoms with Gasteiger partial charge in [-0.2, -0.15) is 0 Å². The number of hydrogen-bond donors (Lipinski definition) is 1. The first-order valence-corrected chi connectivity index (χ1v) is 10.8. The Labute approximate surface area is 168 Å². The van der Waals surface area contributed by atoms with Crippen LogP contribution in [-0.2, 0) is 12.3 Å². The van der Waals surface area contributed by atoms with Crippen molar-refractivity contribution in [2.24, 2.45) is 0 Å². The standard InChI is InChI=1S/C22H24N4OS/c1-2-3-4-9-14-26-19-13-8-7-12-18(19)24-22(26)28-15-20-23-17-11-6-5-10-16(17)21(27)25-20/h5-8,10-13H,2-4,9,14-15H2,1H3,(H,23,25,27). The summed E-state index contributed by atoms with van der Waals surface area (Å²) in [4.78, 5) is 24.6. The molecule has 0 bridgehead atoms. The number of hydrogen-bond acceptors (Lipinski definition) is 4. The number of aryl methyl sites for hydroxylation is 1. The summed E-state index contributed by atoms with van der Waals surface area (Å²) >= 11 is 1.63. The third-order valence-electron chi connectivity index (χ3n) is 4.85. The highest BCUT2D eigenvalue weighted by molar-refractivity contribution is 7.98. The third kappa shape index (κ3) is 3.97. The van der Waals surface area contributed by atoms with Crippen LogP contribution in [0, 0.1) is 0 Å². The number of benzene rings is 2. The van der Waals surface area contributed by atoms with Gasteiger partial charge in [-0.05, 0) is 30.7 Å². The number of unbranched alkanes of at least 4 members (excludes halogenated alkanes) is 3. The fraction of sp³-hybridized carbons (Fsp3) is 0.318. The zero-order valence-electron chi connectivity index (χ0n) is 16.0. The molecule has 0 unspecified atom stereocenters. The van der Waals surface area contributed by atoms with E-state index >= 15 is 0 Å². The minimum absolute atomic E-state index is 0.0886. The fourth-order valence-electron chi connectivity index (χ4n) is 3.41. The Kier molecular flexibility index (Phi) is 5.76. The molecule has 0 saturated carbocycles. The second kappa shape index (κ2) is 8.61. The van der Waals surface area contributed by atoms with E-state index < -0.39 is 0 Å². The van der Waals surface area contributed by atoms with Crippen LogP contribution in [0.1, 0.15) is 38.4 Å². The SMILES string of the molecule is CCCCCCn1c(SCc2nc3ccccc3c(=O)[nH]2)nc2ccccc21. The number of para-hydroxylation sites is 3. The Balaban J connectivity index is 1.58. The van der Waals surface area contributed by atoms with E-state index in [1.807, 2.05) is 24.3 Å². The first-order chi connectivity index (χ1) is 13.8. The number of aromatic amines is 1. The van der Waals surface area contributed by atoms with E-state index in [-0.39, 0.29) is 5.56 Å². The summed E-state index contributed by atoms with van der Waals surface area (Å²) in [5.74, 6) is 1.26. The zero-order valence-corrected chi connectivity index (χ0v) is 16.8. The molecule has 0 aliphatic heterocycles. The van der Waals surface area contributed by atoms with Crippen LogP contribution in [0.25, 0.3) is 21.9 Å². The van der Waals surface area contributed by atoms with Crippen molar-refractivity contribution in [1.29, 1.82) is 0 Å². The molecule has 0 radical (unpaired) electrons. The molecule has 0 aliphatic carbocycles. The number of fused-ring (bicyclic) bond motifs is 2. The van der Waals surface area contributed by atoms with Gasteiger partial charge in [0.2, 0.25) is 0 Å². The Morgan fingerprint density at radius 1 is 0.964 bits per heavy atom. The number of thioether (sulfide) groups is 1. The number of nitrogens with zero attached hydrogens (tertiary/aromatic N) is 3. The van der Waals surface area contributed by atoms with E-state index in [1.165, 1.54) is 24.8 Å². The van der Waals surface area contributed by atoms with E-state index in [0.29, 0.717) is 17.0 Å². The molecule has 0 fully saturated rings.